The lowest BCUT2D eigenvalue weighted by Gasteiger charge is -2.36. The topological polar surface area (TPSA) is 64.4 Å². The molecular formula is C18H27N3O2S. The van der Waals surface area contributed by atoms with Crippen molar-refractivity contribution in [2.45, 2.75) is 39.2 Å². The van der Waals surface area contributed by atoms with E-state index >= 15 is 0 Å². The molecule has 1 aliphatic heterocycles. The fourth-order valence-electron chi connectivity index (χ4n) is 3.06. The molecule has 1 aromatic rings. The average Bonchev–Trinajstić information content (AvgIpc) is 2.56. The molecule has 2 rings (SSSR count). The van der Waals surface area contributed by atoms with Crippen LogP contribution in [0, 0.1) is 11.3 Å². The van der Waals surface area contributed by atoms with Gasteiger partial charge in [-0.25, -0.2) is 8.42 Å². The predicted octanol–water partition coefficient (Wildman–Crippen LogP) is 2.73. The van der Waals surface area contributed by atoms with E-state index in [1.165, 1.54) is 5.56 Å². The summed E-state index contributed by atoms with van der Waals surface area (Å²) in [5.74, 6) is 0.664. The predicted molar refractivity (Wildman–Crippen MR) is 96.1 cm³/mol. The molecule has 5 nitrogen and oxygen atoms in total. The largest absolute Gasteiger partial charge is 0.282 e. The minimum Gasteiger partial charge on any atom is -0.282 e. The van der Waals surface area contributed by atoms with Crippen molar-refractivity contribution in [1.82, 2.24) is 9.21 Å². The first-order valence-electron chi connectivity index (χ1n) is 8.60. The molecule has 1 aromatic carbocycles. The van der Waals surface area contributed by atoms with Gasteiger partial charge >= 0.3 is 0 Å². The van der Waals surface area contributed by atoms with Crippen LogP contribution in [-0.4, -0.2) is 49.6 Å². The Bertz CT molecular complexity index is 669. The van der Waals surface area contributed by atoms with Gasteiger partial charge in [0.25, 0.3) is 0 Å². The Balaban J connectivity index is 2.05. The van der Waals surface area contributed by atoms with E-state index in [0.717, 1.165) is 5.56 Å². The van der Waals surface area contributed by atoms with Gasteiger partial charge < -0.3 is 0 Å². The molecule has 1 atom stereocenters. The van der Waals surface area contributed by atoms with Crippen LogP contribution < -0.4 is 0 Å². The first kappa shape index (κ1) is 18.9. The number of nitriles is 1. The van der Waals surface area contributed by atoms with Crippen molar-refractivity contribution in [2.75, 3.05) is 31.9 Å². The van der Waals surface area contributed by atoms with Crippen molar-refractivity contribution in [3.8, 4) is 6.07 Å². The highest BCUT2D eigenvalue weighted by atomic mass is 32.2. The van der Waals surface area contributed by atoms with Crippen molar-refractivity contribution in [3.63, 3.8) is 0 Å². The zero-order valence-electron chi connectivity index (χ0n) is 14.8. The molecule has 132 valence electrons. The van der Waals surface area contributed by atoms with Crippen LogP contribution in [-0.2, 0) is 10.0 Å². The van der Waals surface area contributed by atoms with E-state index in [1.807, 2.05) is 19.1 Å². The molecule has 24 heavy (non-hydrogen) atoms. The van der Waals surface area contributed by atoms with Crippen LogP contribution >= 0.6 is 0 Å². The van der Waals surface area contributed by atoms with E-state index in [4.69, 9.17) is 0 Å². The molecule has 0 aromatic heterocycles. The number of hydrogen-bond acceptors (Lipinski definition) is 4. The quantitative estimate of drug-likeness (QED) is 0.792. The lowest BCUT2D eigenvalue weighted by atomic mass is 9.98. The molecule has 0 saturated carbocycles. The molecule has 0 bridgehead atoms. The van der Waals surface area contributed by atoms with Crippen LogP contribution in [0.1, 0.15) is 50.3 Å². The number of rotatable bonds is 6. The van der Waals surface area contributed by atoms with Crippen molar-refractivity contribution in [1.29, 1.82) is 5.26 Å². The Morgan fingerprint density at radius 2 is 1.62 bits per heavy atom. The minimum absolute atomic E-state index is 0.200. The van der Waals surface area contributed by atoms with Crippen molar-refractivity contribution < 1.29 is 8.42 Å². The third-order valence-corrected chi connectivity index (χ3v) is 6.61. The number of nitrogens with zero attached hydrogens (tertiary/aromatic N) is 3. The lowest BCUT2D eigenvalue weighted by molar-refractivity contribution is 0.162. The Labute approximate surface area is 145 Å². The van der Waals surface area contributed by atoms with Crippen LogP contribution in [0.5, 0.6) is 0 Å². The van der Waals surface area contributed by atoms with Gasteiger partial charge in [-0.3, -0.25) is 4.90 Å². The highest BCUT2D eigenvalue weighted by molar-refractivity contribution is 7.89. The van der Waals surface area contributed by atoms with Gasteiger partial charge in [0.15, 0.2) is 0 Å². The number of piperazine rings is 1. The second kappa shape index (κ2) is 8.11. The van der Waals surface area contributed by atoms with E-state index in [9.17, 15) is 13.7 Å². The summed E-state index contributed by atoms with van der Waals surface area (Å²) in [7, 11) is -3.15. The van der Waals surface area contributed by atoms with Gasteiger partial charge in [0, 0.05) is 26.2 Å². The fourth-order valence-corrected chi connectivity index (χ4v) is 4.55. The van der Waals surface area contributed by atoms with Crippen LogP contribution in [0.4, 0.5) is 0 Å². The summed E-state index contributed by atoms with van der Waals surface area (Å²) in [6.45, 7) is 8.27. The summed E-state index contributed by atoms with van der Waals surface area (Å²) in [4.78, 5) is 2.07. The molecule has 0 spiro atoms. The molecule has 0 N–H and O–H groups in total. The molecule has 1 heterocycles. The normalized spacial score (nSPS) is 18.5. The van der Waals surface area contributed by atoms with Gasteiger partial charge in [0.1, 0.15) is 6.04 Å². The molecule has 0 aliphatic carbocycles. The Morgan fingerprint density at radius 3 is 2.08 bits per heavy atom. The van der Waals surface area contributed by atoms with Crippen LogP contribution in [0.2, 0.25) is 0 Å². The van der Waals surface area contributed by atoms with Gasteiger partial charge in [0.05, 0.1) is 11.8 Å². The first-order valence-corrected chi connectivity index (χ1v) is 10.2. The smallest absolute Gasteiger partial charge is 0.214 e. The maximum atomic E-state index is 12.1. The highest BCUT2D eigenvalue weighted by Crippen LogP contribution is 2.24. The second-order valence-electron chi connectivity index (χ2n) is 6.60. The molecule has 1 saturated heterocycles. The summed E-state index contributed by atoms with van der Waals surface area (Å²) in [5, 5.41) is 9.60. The van der Waals surface area contributed by atoms with Gasteiger partial charge in [-0.15, -0.1) is 0 Å². The third kappa shape index (κ3) is 4.35. The van der Waals surface area contributed by atoms with E-state index < -0.39 is 10.0 Å². The molecule has 1 fully saturated rings. The van der Waals surface area contributed by atoms with Crippen LogP contribution in [0.25, 0.3) is 0 Å². The second-order valence-corrected chi connectivity index (χ2v) is 8.69. The molecule has 1 unspecified atom stereocenters. The first-order chi connectivity index (χ1) is 11.4. The summed E-state index contributed by atoms with van der Waals surface area (Å²) < 4.78 is 25.8. The Kier molecular flexibility index (Phi) is 6.39. The van der Waals surface area contributed by atoms with Crippen LogP contribution in [0.3, 0.4) is 0 Å². The van der Waals surface area contributed by atoms with Crippen LogP contribution in [0.15, 0.2) is 24.3 Å². The maximum absolute atomic E-state index is 12.1. The van der Waals surface area contributed by atoms with Crippen molar-refractivity contribution >= 4 is 10.0 Å². The van der Waals surface area contributed by atoms with Gasteiger partial charge in [-0.2, -0.15) is 9.57 Å². The monoisotopic (exact) mass is 349 g/mol. The summed E-state index contributed by atoms with van der Waals surface area (Å²) in [6.07, 6.45) is 0.631. The van der Waals surface area contributed by atoms with E-state index in [1.54, 1.807) is 4.31 Å². The minimum atomic E-state index is -3.15. The van der Waals surface area contributed by atoms with E-state index in [0.29, 0.717) is 38.5 Å². The summed E-state index contributed by atoms with van der Waals surface area (Å²) >= 11 is 0. The molecule has 0 amide bonds. The number of benzene rings is 1. The highest BCUT2D eigenvalue weighted by Gasteiger charge is 2.30. The Hall–Kier alpha value is -1.42. The molecule has 0 radical (unpaired) electrons. The standard InChI is InChI=1S/C18H27N3O2S/c1-4-13-24(22,23)21-11-9-20(10-12-21)18(14-19)17-7-5-16(6-8-17)15(2)3/h5-8,15,18H,4,9-13H2,1-3H3. The Morgan fingerprint density at radius 1 is 1.08 bits per heavy atom. The zero-order valence-corrected chi connectivity index (χ0v) is 15.6. The van der Waals surface area contributed by atoms with Crippen molar-refractivity contribution in [2.24, 2.45) is 0 Å². The number of hydrogen-bond donors (Lipinski definition) is 0. The molecule has 6 heteroatoms. The molecular weight excluding hydrogens is 322 g/mol. The van der Waals surface area contributed by atoms with Crippen molar-refractivity contribution in [3.05, 3.63) is 35.4 Å². The maximum Gasteiger partial charge on any atom is 0.214 e. The van der Waals surface area contributed by atoms with Gasteiger partial charge in [0.2, 0.25) is 10.0 Å². The van der Waals surface area contributed by atoms with Gasteiger partial charge in [-0.05, 0) is 23.5 Å². The molecule has 1 aliphatic rings. The van der Waals surface area contributed by atoms with E-state index in [-0.39, 0.29) is 11.8 Å². The summed E-state index contributed by atoms with van der Waals surface area (Å²) in [6, 6.07) is 10.2. The average molecular weight is 350 g/mol. The fraction of sp³-hybridized carbons (Fsp3) is 0.611. The zero-order chi connectivity index (χ0) is 17.7. The van der Waals surface area contributed by atoms with E-state index in [2.05, 4.69) is 36.9 Å². The summed E-state index contributed by atoms with van der Waals surface area (Å²) in [5.41, 5.74) is 2.23. The number of sulfonamides is 1. The van der Waals surface area contributed by atoms with Gasteiger partial charge in [-0.1, -0.05) is 45.0 Å². The lowest BCUT2D eigenvalue weighted by Crippen LogP contribution is -2.49. The third-order valence-electron chi connectivity index (χ3n) is 4.54. The SMILES string of the molecule is CCCS(=O)(=O)N1CCN(C(C#N)c2ccc(C(C)C)cc2)CC1.